The van der Waals surface area contributed by atoms with E-state index in [1.807, 2.05) is 0 Å². The van der Waals surface area contributed by atoms with Gasteiger partial charge >= 0.3 is 5.97 Å². The molecule has 0 aromatic heterocycles. The van der Waals surface area contributed by atoms with Crippen molar-refractivity contribution in [3.05, 3.63) is 59.7 Å². The Morgan fingerprint density at radius 2 is 1.66 bits per heavy atom. The number of benzene rings is 2. The maximum atomic E-state index is 12.7. The van der Waals surface area contributed by atoms with Crippen LogP contribution in [0.4, 0.5) is 0 Å². The first kappa shape index (κ1) is 21.0. The van der Waals surface area contributed by atoms with Crippen molar-refractivity contribution in [2.75, 3.05) is 20.2 Å². The number of hydrogen-bond donors (Lipinski definition) is 0. The van der Waals surface area contributed by atoms with E-state index in [0.29, 0.717) is 24.4 Å². The van der Waals surface area contributed by atoms with Crippen LogP contribution in [0.5, 0.6) is 5.75 Å². The highest BCUT2D eigenvalue weighted by atomic mass is 32.2. The third kappa shape index (κ3) is 4.65. The van der Waals surface area contributed by atoms with Crippen LogP contribution in [0.15, 0.2) is 53.4 Å². The normalized spacial score (nSPS) is 15.7. The molecule has 29 heavy (non-hydrogen) atoms. The molecule has 0 spiro atoms. The van der Waals surface area contributed by atoms with Gasteiger partial charge in [-0.3, -0.25) is 4.79 Å². The summed E-state index contributed by atoms with van der Waals surface area (Å²) in [6.07, 6.45) is 0.632. The molecule has 0 unspecified atom stereocenters. The number of esters is 1. The van der Waals surface area contributed by atoms with Crippen LogP contribution in [-0.4, -0.2) is 50.8 Å². The number of sulfonamides is 1. The van der Waals surface area contributed by atoms with E-state index < -0.39 is 22.1 Å². The van der Waals surface area contributed by atoms with Crippen LogP contribution in [-0.2, 0) is 14.8 Å². The number of carbonyl (C=O) groups is 2. The minimum atomic E-state index is -3.64. The molecule has 1 aliphatic rings. The van der Waals surface area contributed by atoms with E-state index in [1.165, 1.54) is 42.6 Å². The number of methoxy groups -OCH3 is 1. The zero-order valence-electron chi connectivity index (χ0n) is 16.3. The zero-order chi connectivity index (χ0) is 21.0. The van der Waals surface area contributed by atoms with Crippen molar-refractivity contribution in [2.24, 2.45) is 0 Å². The van der Waals surface area contributed by atoms with Crippen LogP contribution in [0.1, 0.15) is 40.5 Å². The molecule has 8 heteroatoms. The largest absolute Gasteiger partial charge is 0.497 e. The molecule has 154 valence electrons. The van der Waals surface area contributed by atoms with Crippen molar-refractivity contribution in [2.45, 2.75) is 30.8 Å². The minimum absolute atomic E-state index is 0.0444. The molecule has 1 fully saturated rings. The number of rotatable bonds is 7. The molecule has 0 bridgehead atoms. The standard InChI is InChI=1S/C21H23NO6S/c1-15(20(23)16-8-10-18(27-2)11-9-16)28-21(24)17-6-5-7-19(14-17)29(25,26)22-12-3-4-13-22/h5-11,14-15H,3-4,12-13H2,1-2H3/t15-/m0/s1. The second-order valence-electron chi connectivity index (χ2n) is 6.78. The molecule has 3 rings (SSSR count). The number of hydrogen-bond acceptors (Lipinski definition) is 6. The SMILES string of the molecule is COc1ccc(C(=O)[C@H](C)OC(=O)c2cccc(S(=O)(=O)N3CCCC3)c2)cc1. The first-order valence-corrected chi connectivity index (χ1v) is 10.8. The number of ether oxygens (including phenoxy) is 2. The van der Waals surface area contributed by atoms with E-state index in [9.17, 15) is 18.0 Å². The molecule has 0 radical (unpaired) electrons. The van der Waals surface area contributed by atoms with E-state index in [-0.39, 0.29) is 16.2 Å². The second kappa shape index (κ2) is 8.75. The summed E-state index contributed by atoms with van der Waals surface area (Å²) in [5.41, 5.74) is 0.469. The molecule has 1 heterocycles. The average Bonchev–Trinajstić information content (AvgIpc) is 3.29. The average molecular weight is 417 g/mol. The van der Waals surface area contributed by atoms with Gasteiger partial charge < -0.3 is 9.47 Å². The number of nitrogens with zero attached hydrogens (tertiary/aromatic N) is 1. The fourth-order valence-electron chi connectivity index (χ4n) is 3.13. The summed E-state index contributed by atoms with van der Waals surface area (Å²) in [5, 5.41) is 0. The predicted octanol–water partition coefficient (Wildman–Crippen LogP) is 2.91. The number of Topliss-reactive ketones (excluding diaryl/α,β-unsaturated/α-hetero) is 1. The topological polar surface area (TPSA) is 90.0 Å². The summed E-state index contributed by atoms with van der Waals surface area (Å²) in [6.45, 7) is 2.43. The Morgan fingerprint density at radius 3 is 2.28 bits per heavy atom. The smallest absolute Gasteiger partial charge is 0.338 e. The van der Waals surface area contributed by atoms with Crippen LogP contribution in [0, 0.1) is 0 Å². The van der Waals surface area contributed by atoms with Crippen molar-refractivity contribution in [3.8, 4) is 5.75 Å². The fourth-order valence-corrected chi connectivity index (χ4v) is 4.70. The van der Waals surface area contributed by atoms with E-state index in [1.54, 1.807) is 24.3 Å². The fraction of sp³-hybridized carbons (Fsp3) is 0.333. The van der Waals surface area contributed by atoms with Gasteiger partial charge in [-0.25, -0.2) is 13.2 Å². The van der Waals surface area contributed by atoms with Gasteiger partial charge in [0.25, 0.3) is 0 Å². The van der Waals surface area contributed by atoms with Crippen molar-refractivity contribution in [3.63, 3.8) is 0 Å². The quantitative estimate of drug-likeness (QED) is 0.508. The molecule has 1 atom stereocenters. The summed E-state index contributed by atoms with van der Waals surface area (Å²) in [5.74, 6) is -0.498. The summed E-state index contributed by atoms with van der Waals surface area (Å²) in [6, 6.07) is 12.2. The van der Waals surface area contributed by atoms with Gasteiger partial charge in [0.05, 0.1) is 17.6 Å². The Morgan fingerprint density at radius 1 is 1.00 bits per heavy atom. The Balaban J connectivity index is 1.72. The van der Waals surface area contributed by atoms with Gasteiger partial charge in [-0.2, -0.15) is 4.31 Å². The van der Waals surface area contributed by atoms with Gasteiger partial charge in [0, 0.05) is 18.7 Å². The molecule has 1 aliphatic heterocycles. The first-order valence-electron chi connectivity index (χ1n) is 9.32. The van der Waals surface area contributed by atoms with Crippen molar-refractivity contribution in [1.29, 1.82) is 0 Å². The first-order chi connectivity index (χ1) is 13.8. The van der Waals surface area contributed by atoms with Crippen LogP contribution < -0.4 is 4.74 Å². The van der Waals surface area contributed by atoms with Crippen LogP contribution >= 0.6 is 0 Å². The Hall–Kier alpha value is -2.71. The van der Waals surface area contributed by atoms with Crippen LogP contribution in [0.2, 0.25) is 0 Å². The maximum Gasteiger partial charge on any atom is 0.338 e. The van der Waals surface area contributed by atoms with Gasteiger partial charge in [-0.05, 0) is 62.2 Å². The monoisotopic (exact) mass is 417 g/mol. The van der Waals surface area contributed by atoms with E-state index in [2.05, 4.69) is 0 Å². The Bertz CT molecular complexity index is 994. The zero-order valence-corrected chi connectivity index (χ0v) is 17.1. The third-order valence-corrected chi connectivity index (χ3v) is 6.69. The second-order valence-corrected chi connectivity index (χ2v) is 8.72. The molecule has 2 aromatic rings. The van der Waals surface area contributed by atoms with E-state index in [0.717, 1.165) is 12.8 Å². The highest BCUT2D eigenvalue weighted by Crippen LogP contribution is 2.22. The lowest BCUT2D eigenvalue weighted by atomic mass is 10.1. The van der Waals surface area contributed by atoms with Gasteiger partial charge in [0.2, 0.25) is 15.8 Å². The van der Waals surface area contributed by atoms with Gasteiger partial charge in [-0.15, -0.1) is 0 Å². The molecule has 1 saturated heterocycles. The highest BCUT2D eigenvalue weighted by Gasteiger charge is 2.28. The lowest BCUT2D eigenvalue weighted by molar-refractivity contribution is 0.0318. The summed E-state index contributed by atoms with van der Waals surface area (Å²) < 4.78 is 37.1. The Kier molecular flexibility index (Phi) is 6.34. The van der Waals surface area contributed by atoms with Gasteiger partial charge in [-0.1, -0.05) is 6.07 Å². The predicted molar refractivity (Wildman–Crippen MR) is 107 cm³/mol. The highest BCUT2D eigenvalue weighted by molar-refractivity contribution is 7.89. The minimum Gasteiger partial charge on any atom is -0.497 e. The molecular weight excluding hydrogens is 394 g/mol. The molecule has 2 aromatic carbocycles. The molecule has 0 N–H and O–H groups in total. The van der Waals surface area contributed by atoms with E-state index >= 15 is 0 Å². The van der Waals surface area contributed by atoms with Crippen molar-refractivity contribution < 1.29 is 27.5 Å². The molecule has 0 amide bonds. The molecule has 0 aliphatic carbocycles. The summed E-state index contributed by atoms with van der Waals surface area (Å²) in [7, 11) is -2.12. The summed E-state index contributed by atoms with van der Waals surface area (Å²) in [4.78, 5) is 25.0. The van der Waals surface area contributed by atoms with Crippen molar-refractivity contribution in [1.82, 2.24) is 4.31 Å². The van der Waals surface area contributed by atoms with Crippen LogP contribution in [0.3, 0.4) is 0 Å². The van der Waals surface area contributed by atoms with Crippen LogP contribution in [0.25, 0.3) is 0 Å². The van der Waals surface area contributed by atoms with Gasteiger partial charge in [0.15, 0.2) is 6.10 Å². The maximum absolute atomic E-state index is 12.7. The lowest BCUT2D eigenvalue weighted by Gasteiger charge is -2.16. The number of ketones is 1. The number of carbonyl (C=O) groups excluding carboxylic acids is 2. The van der Waals surface area contributed by atoms with E-state index in [4.69, 9.17) is 9.47 Å². The molecular formula is C21H23NO6S. The Labute approximate surface area is 170 Å². The lowest BCUT2D eigenvalue weighted by Crippen LogP contribution is -2.28. The molecule has 0 saturated carbocycles. The van der Waals surface area contributed by atoms with Crippen molar-refractivity contribution >= 4 is 21.8 Å². The summed E-state index contributed by atoms with van der Waals surface area (Å²) >= 11 is 0. The third-order valence-electron chi connectivity index (χ3n) is 4.80. The molecule has 7 nitrogen and oxygen atoms in total. The van der Waals surface area contributed by atoms with Gasteiger partial charge in [0.1, 0.15) is 5.75 Å².